The number of esters is 1. The number of carbonyl (C=O) groups is 1. The molecule has 124 valence electrons. The molecule has 0 bridgehead atoms. The number of ether oxygens (including phenoxy) is 1. The third-order valence-corrected chi connectivity index (χ3v) is 5.50. The fourth-order valence-electron chi connectivity index (χ4n) is 2.20. The molecule has 1 fully saturated rings. The number of hydrogen-bond acceptors (Lipinski definition) is 5. The number of rotatable bonds is 7. The highest BCUT2D eigenvalue weighted by atomic mass is 32.2. The number of carbonyl (C=O) groups excluding carboxylic acids is 1. The molecule has 0 aromatic rings. The van der Waals surface area contributed by atoms with E-state index in [-0.39, 0.29) is 31.1 Å². The Kier molecular flexibility index (Phi) is 7.05. The molecule has 21 heavy (non-hydrogen) atoms. The fourth-order valence-corrected chi connectivity index (χ4v) is 3.79. The molecule has 0 aliphatic carbocycles. The fraction of sp³-hybridized carbons (Fsp3) is 0.923. The molecule has 1 rings (SSSR count). The van der Waals surface area contributed by atoms with Crippen LogP contribution in [0.5, 0.6) is 0 Å². The maximum atomic E-state index is 12.3. The number of aliphatic hydroxyl groups is 1. The summed E-state index contributed by atoms with van der Waals surface area (Å²) < 4.78 is 33.5. The van der Waals surface area contributed by atoms with Gasteiger partial charge in [-0.3, -0.25) is 4.79 Å². The van der Waals surface area contributed by atoms with Crippen LogP contribution in [0.2, 0.25) is 0 Å². The van der Waals surface area contributed by atoms with Crippen molar-refractivity contribution in [2.75, 3.05) is 26.3 Å². The maximum Gasteiger partial charge on any atom is 0.310 e. The van der Waals surface area contributed by atoms with Crippen LogP contribution in [0.3, 0.4) is 0 Å². The Morgan fingerprint density at radius 2 is 2.14 bits per heavy atom. The first-order valence-corrected chi connectivity index (χ1v) is 8.80. The van der Waals surface area contributed by atoms with Gasteiger partial charge in [-0.2, -0.15) is 17.4 Å². The molecule has 0 aromatic carbocycles. The lowest BCUT2D eigenvalue weighted by Crippen LogP contribution is -2.51. The van der Waals surface area contributed by atoms with Crippen LogP contribution in [-0.2, 0) is 19.7 Å². The van der Waals surface area contributed by atoms with Crippen molar-refractivity contribution >= 4 is 16.2 Å². The average molecular weight is 322 g/mol. The van der Waals surface area contributed by atoms with Crippen molar-refractivity contribution < 1.29 is 23.1 Å². The molecule has 8 heteroatoms. The SMILES string of the molecule is CCOC(=O)C1CCCN(S(=O)(=O)NC(C)C(C)CO)C1. The van der Waals surface area contributed by atoms with Gasteiger partial charge >= 0.3 is 5.97 Å². The van der Waals surface area contributed by atoms with Gasteiger partial charge in [0.25, 0.3) is 10.2 Å². The van der Waals surface area contributed by atoms with Crippen molar-refractivity contribution in [3.05, 3.63) is 0 Å². The van der Waals surface area contributed by atoms with E-state index in [1.165, 1.54) is 4.31 Å². The molecule has 3 atom stereocenters. The van der Waals surface area contributed by atoms with E-state index in [4.69, 9.17) is 9.84 Å². The Hall–Kier alpha value is -0.700. The molecule has 1 saturated heterocycles. The molecule has 0 radical (unpaired) electrons. The van der Waals surface area contributed by atoms with Crippen molar-refractivity contribution in [3.8, 4) is 0 Å². The predicted octanol–water partition coefficient (Wildman–Crippen LogP) is 0.113. The first-order valence-electron chi connectivity index (χ1n) is 7.36. The second kappa shape index (κ2) is 8.07. The summed E-state index contributed by atoms with van der Waals surface area (Å²) in [7, 11) is -3.65. The molecule has 7 nitrogen and oxygen atoms in total. The van der Waals surface area contributed by atoms with Crippen LogP contribution in [0.1, 0.15) is 33.6 Å². The van der Waals surface area contributed by atoms with Gasteiger partial charge in [-0.05, 0) is 32.6 Å². The van der Waals surface area contributed by atoms with Gasteiger partial charge in [-0.15, -0.1) is 0 Å². The summed E-state index contributed by atoms with van der Waals surface area (Å²) in [4.78, 5) is 11.8. The lowest BCUT2D eigenvalue weighted by molar-refractivity contribution is -0.149. The third kappa shape index (κ3) is 5.21. The minimum Gasteiger partial charge on any atom is -0.466 e. The summed E-state index contributed by atoms with van der Waals surface area (Å²) in [5.74, 6) is -0.916. The van der Waals surface area contributed by atoms with Gasteiger partial charge in [0, 0.05) is 25.7 Å². The van der Waals surface area contributed by atoms with Crippen molar-refractivity contribution in [2.24, 2.45) is 11.8 Å². The zero-order chi connectivity index (χ0) is 16.0. The van der Waals surface area contributed by atoms with Crippen LogP contribution in [0.4, 0.5) is 0 Å². The standard InChI is InChI=1S/C13H26N2O5S/c1-4-20-13(17)12-6-5-7-15(8-12)21(18,19)14-11(3)10(2)9-16/h10-12,14,16H,4-9H2,1-3H3. The number of hydrogen-bond donors (Lipinski definition) is 2. The van der Waals surface area contributed by atoms with Gasteiger partial charge in [-0.1, -0.05) is 6.92 Å². The third-order valence-electron chi connectivity index (χ3n) is 3.82. The summed E-state index contributed by atoms with van der Waals surface area (Å²) in [6, 6.07) is -0.372. The first kappa shape index (κ1) is 18.3. The molecule has 1 heterocycles. The molecule has 0 saturated carbocycles. The monoisotopic (exact) mass is 322 g/mol. The lowest BCUT2D eigenvalue weighted by atomic mass is 10.0. The van der Waals surface area contributed by atoms with Gasteiger partial charge in [0.1, 0.15) is 0 Å². The van der Waals surface area contributed by atoms with Crippen LogP contribution in [0.15, 0.2) is 0 Å². The van der Waals surface area contributed by atoms with E-state index in [1.54, 1.807) is 20.8 Å². The summed E-state index contributed by atoms with van der Waals surface area (Å²) >= 11 is 0. The maximum absolute atomic E-state index is 12.3. The van der Waals surface area contributed by atoms with E-state index in [9.17, 15) is 13.2 Å². The molecule has 1 aliphatic rings. The van der Waals surface area contributed by atoms with Crippen LogP contribution >= 0.6 is 0 Å². The van der Waals surface area contributed by atoms with Crippen LogP contribution in [0, 0.1) is 11.8 Å². The average Bonchev–Trinajstić information content (AvgIpc) is 2.46. The molecular formula is C13H26N2O5S. The van der Waals surface area contributed by atoms with E-state index in [0.29, 0.717) is 26.0 Å². The highest BCUT2D eigenvalue weighted by Gasteiger charge is 2.34. The Labute approximate surface area is 126 Å². The lowest BCUT2D eigenvalue weighted by Gasteiger charge is -2.32. The minimum atomic E-state index is -3.65. The summed E-state index contributed by atoms with van der Waals surface area (Å²) in [5, 5.41) is 9.08. The van der Waals surface area contributed by atoms with Crippen molar-refractivity contribution in [1.29, 1.82) is 0 Å². The predicted molar refractivity (Wildman–Crippen MR) is 78.7 cm³/mol. The van der Waals surface area contributed by atoms with Crippen LogP contribution in [-0.4, -0.2) is 56.1 Å². The van der Waals surface area contributed by atoms with Crippen molar-refractivity contribution in [2.45, 2.75) is 39.7 Å². The van der Waals surface area contributed by atoms with Crippen LogP contribution in [0.25, 0.3) is 0 Å². The molecule has 3 unspecified atom stereocenters. The van der Waals surface area contributed by atoms with Gasteiger partial charge in [-0.25, -0.2) is 0 Å². The number of nitrogens with one attached hydrogen (secondary N) is 1. The van der Waals surface area contributed by atoms with Gasteiger partial charge < -0.3 is 9.84 Å². The molecule has 1 aliphatic heterocycles. The Morgan fingerprint density at radius 3 is 2.71 bits per heavy atom. The number of nitrogens with zero attached hydrogens (tertiary/aromatic N) is 1. The van der Waals surface area contributed by atoms with E-state index in [2.05, 4.69) is 4.72 Å². The number of piperidine rings is 1. The Morgan fingerprint density at radius 1 is 1.48 bits per heavy atom. The van der Waals surface area contributed by atoms with E-state index < -0.39 is 16.1 Å². The molecule has 0 amide bonds. The summed E-state index contributed by atoms with van der Waals surface area (Å²) in [5.41, 5.74) is 0. The minimum absolute atomic E-state index is 0.0882. The summed E-state index contributed by atoms with van der Waals surface area (Å²) in [6.07, 6.45) is 1.28. The zero-order valence-electron chi connectivity index (χ0n) is 12.9. The van der Waals surface area contributed by atoms with Crippen molar-refractivity contribution in [3.63, 3.8) is 0 Å². The highest BCUT2D eigenvalue weighted by Crippen LogP contribution is 2.20. The summed E-state index contributed by atoms with van der Waals surface area (Å²) in [6.45, 7) is 5.96. The van der Waals surface area contributed by atoms with Gasteiger partial charge in [0.15, 0.2) is 0 Å². The molecule has 0 aromatic heterocycles. The van der Waals surface area contributed by atoms with Gasteiger partial charge in [0.05, 0.1) is 12.5 Å². The van der Waals surface area contributed by atoms with E-state index >= 15 is 0 Å². The Bertz CT molecular complexity index is 440. The quantitative estimate of drug-likeness (QED) is 0.649. The number of aliphatic hydroxyl groups excluding tert-OH is 1. The highest BCUT2D eigenvalue weighted by molar-refractivity contribution is 7.87. The molecular weight excluding hydrogens is 296 g/mol. The topological polar surface area (TPSA) is 95.9 Å². The largest absolute Gasteiger partial charge is 0.466 e. The van der Waals surface area contributed by atoms with Crippen LogP contribution < -0.4 is 4.72 Å². The Balaban J connectivity index is 2.68. The van der Waals surface area contributed by atoms with E-state index in [1.807, 2.05) is 0 Å². The van der Waals surface area contributed by atoms with E-state index in [0.717, 1.165) is 0 Å². The smallest absolute Gasteiger partial charge is 0.310 e. The van der Waals surface area contributed by atoms with Crippen molar-refractivity contribution in [1.82, 2.24) is 9.03 Å². The second-order valence-electron chi connectivity index (χ2n) is 5.52. The van der Waals surface area contributed by atoms with Gasteiger partial charge in [0.2, 0.25) is 0 Å². The zero-order valence-corrected chi connectivity index (χ0v) is 13.7. The second-order valence-corrected chi connectivity index (χ2v) is 7.22. The molecule has 0 spiro atoms. The normalized spacial score (nSPS) is 23.5. The molecule has 2 N–H and O–H groups in total. The first-order chi connectivity index (χ1) is 9.81.